The van der Waals surface area contributed by atoms with Gasteiger partial charge in [0.05, 0.1) is 23.4 Å². The minimum Gasteiger partial charge on any atom is -0.496 e. The van der Waals surface area contributed by atoms with Crippen molar-refractivity contribution in [2.24, 2.45) is 0 Å². The third-order valence-corrected chi connectivity index (χ3v) is 5.04. The summed E-state index contributed by atoms with van der Waals surface area (Å²) in [5.74, 6) is 0.227. The Kier molecular flexibility index (Phi) is 9.90. The van der Waals surface area contributed by atoms with Gasteiger partial charge < -0.3 is 15.8 Å². The number of halogens is 3. The highest BCUT2D eigenvalue weighted by atomic mass is 35.5. The Hall–Kier alpha value is -1.66. The average molecular weight is 447 g/mol. The first kappa shape index (κ1) is 24.4. The number of fused-ring (bicyclic) bond motifs is 1. The predicted octanol–water partition coefficient (Wildman–Crippen LogP) is 3.95. The predicted molar refractivity (Wildman–Crippen MR) is 119 cm³/mol. The van der Waals surface area contributed by atoms with Gasteiger partial charge in [0, 0.05) is 32.2 Å². The normalized spacial score (nSPS) is 12.9. The van der Waals surface area contributed by atoms with Crippen LogP contribution in [-0.4, -0.2) is 37.6 Å². The number of rotatable bonds is 6. The molecule has 1 aliphatic heterocycles. The highest BCUT2D eigenvalue weighted by Gasteiger charge is 2.16. The molecule has 8 heteroatoms. The van der Waals surface area contributed by atoms with Gasteiger partial charge in [-0.05, 0) is 30.0 Å². The van der Waals surface area contributed by atoms with Crippen LogP contribution in [0.1, 0.15) is 27.9 Å². The fraction of sp³-hybridized carbons (Fsp3) is 0.350. The molecule has 0 aliphatic carbocycles. The van der Waals surface area contributed by atoms with Crippen LogP contribution in [0.5, 0.6) is 5.75 Å². The molecule has 0 atom stereocenters. The number of anilines is 1. The summed E-state index contributed by atoms with van der Waals surface area (Å²) in [6.07, 6.45) is 1.97. The van der Waals surface area contributed by atoms with Crippen LogP contribution < -0.4 is 15.8 Å². The van der Waals surface area contributed by atoms with E-state index in [0.717, 1.165) is 32.5 Å². The highest BCUT2D eigenvalue weighted by molar-refractivity contribution is 6.33. The number of hydrogen-bond acceptors (Lipinski definition) is 4. The lowest BCUT2D eigenvalue weighted by Gasteiger charge is -2.28. The second-order valence-electron chi connectivity index (χ2n) is 6.48. The SMILES string of the molecule is COc1cc(N)c(Cl)cc1C(=O)NCCCN1CCc2ccccc2C1.Cl.Cl. The molecule has 1 heterocycles. The number of methoxy groups -OCH3 is 1. The summed E-state index contributed by atoms with van der Waals surface area (Å²) in [5, 5.41) is 3.28. The largest absolute Gasteiger partial charge is 0.496 e. The zero-order valence-electron chi connectivity index (χ0n) is 15.7. The van der Waals surface area contributed by atoms with Crippen LogP contribution in [0.4, 0.5) is 5.69 Å². The molecular formula is C20H26Cl3N3O2. The van der Waals surface area contributed by atoms with Crippen LogP contribution in [0, 0.1) is 0 Å². The van der Waals surface area contributed by atoms with Gasteiger partial charge in [0.25, 0.3) is 5.91 Å². The van der Waals surface area contributed by atoms with Crippen molar-refractivity contribution in [3.63, 3.8) is 0 Å². The monoisotopic (exact) mass is 445 g/mol. The molecule has 1 aliphatic rings. The van der Waals surface area contributed by atoms with Crippen molar-refractivity contribution in [3.8, 4) is 5.75 Å². The van der Waals surface area contributed by atoms with Gasteiger partial charge in [0.2, 0.25) is 0 Å². The second kappa shape index (κ2) is 11.4. The van der Waals surface area contributed by atoms with E-state index in [9.17, 15) is 4.79 Å². The molecule has 0 aromatic heterocycles. The maximum Gasteiger partial charge on any atom is 0.255 e. The maximum absolute atomic E-state index is 12.4. The van der Waals surface area contributed by atoms with Crippen molar-refractivity contribution in [3.05, 3.63) is 58.1 Å². The molecule has 2 aromatic carbocycles. The Balaban J connectivity index is 0.00000196. The minimum absolute atomic E-state index is 0. The second-order valence-corrected chi connectivity index (χ2v) is 6.89. The zero-order chi connectivity index (χ0) is 18.5. The fourth-order valence-electron chi connectivity index (χ4n) is 3.26. The topological polar surface area (TPSA) is 67.6 Å². The lowest BCUT2D eigenvalue weighted by Crippen LogP contribution is -2.33. The standard InChI is InChI=1S/C20H24ClN3O2.2ClH/c1-26-19-12-18(22)17(21)11-16(19)20(25)23-8-4-9-24-10-7-14-5-2-3-6-15(14)13-24;;/h2-3,5-6,11-12H,4,7-10,13,22H2,1H3,(H,23,25);2*1H. The van der Waals surface area contributed by atoms with E-state index < -0.39 is 0 Å². The van der Waals surface area contributed by atoms with E-state index in [1.807, 2.05) is 0 Å². The number of ether oxygens (including phenoxy) is 1. The first-order valence-electron chi connectivity index (χ1n) is 8.79. The molecule has 0 saturated carbocycles. The number of nitrogen functional groups attached to an aromatic ring is 1. The van der Waals surface area contributed by atoms with E-state index in [2.05, 4.69) is 34.5 Å². The summed E-state index contributed by atoms with van der Waals surface area (Å²) in [6, 6.07) is 11.7. The molecule has 28 heavy (non-hydrogen) atoms. The zero-order valence-corrected chi connectivity index (χ0v) is 18.1. The van der Waals surface area contributed by atoms with Crippen molar-refractivity contribution in [2.75, 3.05) is 32.5 Å². The van der Waals surface area contributed by atoms with Crippen LogP contribution in [0.2, 0.25) is 5.02 Å². The number of hydrogen-bond donors (Lipinski definition) is 2. The molecule has 0 spiro atoms. The van der Waals surface area contributed by atoms with E-state index in [4.69, 9.17) is 22.1 Å². The molecule has 5 nitrogen and oxygen atoms in total. The Labute approximate surface area is 183 Å². The summed E-state index contributed by atoms with van der Waals surface area (Å²) >= 11 is 6.02. The molecule has 0 unspecified atom stereocenters. The van der Waals surface area contributed by atoms with E-state index in [0.29, 0.717) is 28.6 Å². The summed E-state index contributed by atoms with van der Waals surface area (Å²) in [4.78, 5) is 14.8. The van der Waals surface area contributed by atoms with Gasteiger partial charge in [-0.25, -0.2) is 0 Å². The molecular weight excluding hydrogens is 421 g/mol. The summed E-state index contributed by atoms with van der Waals surface area (Å²) < 4.78 is 5.23. The number of nitrogens with two attached hydrogens (primary N) is 1. The molecule has 1 amide bonds. The van der Waals surface area contributed by atoms with Crippen molar-refractivity contribution < 1.29 is 9.53 Å². The van der Waals surface area contributed by atoms with Crippen molar-refractivity contribution >= 4 is 48.0 Å². The molecule has 0 bridgehead atoms. The Morgan fingerprint density at radius 2 is 1.96 bits per heavy atom. The first-order chi connectivity index (χ1) is 12.6. The minimum atomic E-state index is -0.201. The fourth-order valence-corrected chi connectivity index (χ4v) is 3.42. The van der Waals surface area contributed by atoms with Gasteiger partial charge in [0.1, 0.15) is 5.75 Å². The third kappa shape index (κ3) is 5.92. The van der Waals surface area contributed by atoms with Gasteiger partial charge in [-0.15, -0.1) is 24.8 Å². The van der Waals surface area contributed by atoms with Crippen LogP contribution in [0.3, 0.4) is 0 Å². The van der Waals surface area contributed by atoms with Gasteiger partial charge in [-0.2, -0.15) is 0 Å². The van der Waals surface area contributed by atoms with Gasteiger partial charge in [-0.1, -0.05) is 35.9 Å². The Morgan fingerprint density at radius 3 is 2.68 bits per heavy atom. The number of carbonyl (C=O) groups excluding carboxylic acids is 1. The van der Waals surface area contributed by atoms with Crippen LogP contribution in [0.25, 0.3) is 0 Å². The lowest BCUT2D eigenvalue weighted by molar-refractivity contribution is 0.0948. The van der Waals surface area contributed by atoms with Crippen molar-refractivity contribution in [1.29, 1.82) is 0 Å². The molecule has 3 rings (SSSR count). The molecule has 0 saturated heterocycles. The molecule has 2 aromatic rings. The molecule has 0 fully saturated rings. The van der Waals surface area contributed by atoms with Crippen LogP contribution in [-0.2, 0) is 13.0 Å². The lowest BCUT2D eigenvalue weighted by atomic mass is 10.00. The third-order valence-electron chi connectivity index (χ3n) is 4.71. The summed E-state index contributed by atoms with van der Waals surface area (Å²) in [7, 11) is 1.51. The molecule has 0 radical (unpaired) electrons. The summed E-state index contributed by atoms with van der Waals surface area (Å²) in [6.45, 7) is 3.59. The maximum atomic E-state index is 12.4. The van der Waals surface area contributed by atoms with Crippen molar-refractivity contribution in [1.82, 2.24) is 10.2 Å². The van der Waals surface area contributed by atoms with Gasteiger partial charge >= 0.3 is 0 Å². The van der Waals surface area contributed by atoms with E-state index >= 15 is 0 Å². The van der Waals surface area contributed by atoms with E-state index in [-0.39, 0.29) is 30.7 Å². The number of nitrogens with zero attached hydrogens (tertiary/aromatic N) is 1. The van der Waals surface area contributed by atoms with Crippen LogP contribution >= 0.6 is 36.4 Å². The number of nitrogens with one attached hydrogen (secondary N) is 1. The molecule has 3 N–H and O–H groups in total. The van der Waals surface area contributed by atoms with Gasteiger partial charge in [-0.3, -0.25) is 9.69 Å². The number of benzene rings is 2. The highest BCUT2D eigenvalue weighted by Crippen LogP contribution is 2.28. The van der Waals surface area contributed by atoms with E-state index in [1.54, 1.807) is 12.1 Å². The Bertz CT molecular complexity index is 802. The smallest absolute Gasteiger partial charge is 0.255 e. The Morgan fingerprint density at radius 1 is 1.25 bits per heavy atom. The number of amides is 1. The van der Waals surface area contributed by atoms with Gasteiger partial charge in [0.15, 0.2) is 0 Å². The van der Waals surface area contributed by atoms with Crippen LogP contribution in [0.15, 0.2) is 36.4 Å². The average Bonchev–Trinajstić information content (AvgIpc) is 2.66. The van der Waals surface area contributed by atoms with Crippen molar-refractivity contribution in [2.45, 2.75) is 19.4 Å². The van der Waals surface area contributed by atoms with E-state index in [1.165, 1.54) is 18.2 Å². The first-order valence-corrected chi connectivity index (χ1v) is 9.16. The molecule has 154 valence electrons. The number of carbonyl (C=O) groups is 1. The summed E-state index contributed by atoms with van der Waals surface area (Å²) in [5.41, 5.74) is 9.40. The quantitative estimate of drug-likeness (QED) is 0.521.